The number of rotatable bonds is 7. The fraction of sp³-hybridized carbons (Fsp3) is 0.261. The van der Waals surface area contributed by atoms with Crippen molar-refractivity contribution in [2.75, 3.05) is 43.5 Å². The molecule has 0 aliphatic carbocycles. The molecule has 2 aromatic carbocycles. The number of nitrogens with zero attached hydrogens (tertiary/aromatic N) is 2. The molecule has 0 spiro atoms. The topological polar surface area (TPSA) is 95.6 Å². The molecule has 0 bridgehead atoms. The SMILES string of the molecule is O=C(CN1CCOCC1)Nc1cccc(-c2csc(NC(=O)NCc3ccccc3)n2)c1. The molecule has 0 radical (unpaired) electrons. The number of carbonyl (C=O) groups excluding carboxylic acids is 2. The zero-order valence-electron chi connectivity index (χ0n) is 17.5. The molecule has 3 N–H and O–H groups in total. The molecular formula is C23H25N5O3S. The van der Waals surface area contributed by atoms with Crippen LogP contribution in [0.25, 0.3) is 11.3 Å². The van der Waals surface area contributed by atoms with Crippen LogP contribution < -0.4 is 16.0 Å². The number of aromatic nitrogens is 1. The largest absolute Gasteiger partial charge is 0.379 e. The van der Waals surface area contributed by atoms with Crippen LogP contribution in [-0.2, 0) is 16.1 Å². The Morgan fingerprint density at radius 2 is 1.84 bits per heavy atom. The van der Waals surface area contributed by atoms with Gasteiger partial charge in [-0.25, -0.2) is 9.78 Å². The van der Waals surface area contributed by atoms with Gasteiger partial charge in [0.25, 0.3) is 0 Å². The molecule has 1 aliphatic heterocycles. The van der Waals surface area contributed by atoms with Gasteiger partial charge >= 0.3 is 6.03 Å². The van der Waals surface area contributed by atoms with Crippen molar-refractivity contribution in [3.05, 3.63) is 65.5 Å². The summed E-state index contributed by atoms with van der Waals surface area (Å²) >= 11 is 1.35. The van der Waals surface area contributed by atoms with Gasteiger partial charge in [-0.05, 0) is 17.7 Å². The van der Waals surface area contributed by atoms with E-state index in [2.05, 4.69) is 25.8 Å². The summed E-state index contributed by atoms with van der Waals surface area (Å²) in [6, 6.07) is 16.9. The fourth-order valence-corrected chi connectivity index (χ4v) is 4.02. The molecule has 1 saturated heterocycles. The van der Waals surface area contributed by atoms with Gasteiger partial charge in [0.1, 0.15) is 0 Å². The Balaban J connectivity index is 1.31. The first kappa shape index (κ1) is 21.9. The van der Waals surface area contributed by atoms with Gasteiger partial charge in [0.05, 0.1) is 25.5 Å². The second-order valence-electron chi connectivity index (χ2n) is 7.35. The van der Waals surface area contributed by atoms with Crippen molar-refractivity contribution in [1.82, 2.24) is 15.2 Å². The first-order valence-electron chi connectivity index (χ1n) is 10.4. The maximum absolute atomic E-state index is 12.4. The summed E-state index contributed by atoms with van der Waals surface area (Å²) in [4.78, 5) is 31.1. The fourth-order valence-electron chi connectivity index (χ4n) is 3.30. The van der Waals surface area contributed by atoms with Crippen molar-refractivity contribution in [2.45, 2.75) is 6.54 Å². The number of morpholine rings is 1. The molecular weight excluding hydrogens is 426 g/mol. The second-order valence-corrected chi connectivity index (χ2v) is 8.21. The lowest BCUT2D eigenvalue weighted by molar-refractivity contribution is -0.118. The Bertz CT molecular complexity index is 1050. The molecule has 1 aliphatic rings. The predicted octanol–water partition coefficient (Wildman–Crippen LogP) is 3.40. The molecule has 0 atom stereocenters. The number of ether oxygens (including phenoxy) is 1. The number of urea groups is 1. The number of nitrogens with one attached hydrogen (secondary N) is 3. The average molecular weight is 452 g/mol. The lowest BCUT2D eigenvalue weighted by Gasteiger charge is -2.25. The normalized spacial score (nSPS) is 14.0. The predicted molar refractivity (Wildman–Crippen MR) is 126 cm³/mol. The second kappa shape index (κ2) is 10.9. The van der Waals surface area contributed by atoms with E-state index >= 15 is 0 Å². The number of hydrogen-bond acceptors (Lipinski definition) is 6. The minimum absolute atomic E-state index is 0.0558. The van der Waals surface area contributed by atoms with Crippen LogP contribution in [0.1, 0.15) is 5.56 Å². The Morgan fingerprint density at radius 3 is 2.66 bits per heavy atom. The molecule has 4 rings (SSSR count). The Labute approximate surface area is 190 Å². The summed E-state index contributed by atoms with van der Waals surface area (Å²) in [6.45, 7) is 3.63. The molecule has 166 valence electrons. The minimum atomic E-state index is -0.307. The van der Waals surface area contributed by atoms with Gasteiger partial charge in [-0.1, -0.05) is 42.5 Å². The van der Waals surface area contributed by atoms with E-state index in [0.29, 0.717) is 37.1 Å². The lowest BCUT2D eigenvalue weighted by atomic mass is 10.1. The number of carbonyl (C=O) groups is 2. The van der Waals surface area contributed by atoms with E-state index in [0.717, 1.165) is 29.9 Å². The number of amides is 3. The molecule has 3 amide bonds. The number of hydrogen-bond donors (Lipinski definition) is 3. The van der Waals surface area contributed by atoms with E-state index in [9.17, 15) is 9.59 Å². The van der Waals surface area contributed by atoms with Gasteiger partial charge in [0.15, 0.2) is 5.13 Å². The van der Waals surface area contributed by atoms with Crippen LogP contribution in [0, 0.1) is 0 Å². The van der Waals surface area contributed by atoms with Crippen LogP contribution in [0.3, 0.4) is 0 Å². The highest BCUT2D eigenvalue weighted by Crippen LogP contribution is 2.26. The van der Waals surface area contributed by atoms with E-state index in [1.54, 1.807) is 0 Å². The molecule has 1 fully saturated rings. The van der Waals surface area contributed by atoms with E-state index in [4.69, 9.17) is 4.74 Å². The average Bonchev–Trinajstić information content (AvgIpc) is 3.28. The van der Waals surface area contributed by atoms with E-state index in [1.807, 2.05) is 60.0 Å². The summed E-state index contributed by atoms with van der Waals surface area (Å²) in [7, 11) is 0. The van der Waals surface area contributed by atoms with Crippen LogP contribution in [-0.4, -0.2) is 54.7 Å². The third-order valence-electron chi connectivity index (χ3n) is 4.93. The Hall–Kier alpha value is -3.27. The Morgan fingerprint density at radius 1 is 1.03 bits per heavy atom. The third kappa shape index (κ3) is 6.36. The molecule has 9 heteroatoms. The van der Waals surface area contributed by atoms with E-state index in [1.165, 1.54) is 11.3 Å². The highest BCUT2D eigenvalue weighted by molar-refractivity contribution is 7.14. The van der Waals surface area contributed by atoms with Crippen molar-refractivity contribution < 1.29 is 14.3 Å². The quantitative estimate of drug-likeness (QED) is 0.512. The number of benzene rings is 2. The van der Waals surface area contributed by atoms with Gasteiger partial charge in [-0.3, -0.25) is 15.0 Å². The summed E-state index contributed by atoms with van der Waals surface area (Å²) in [5.41, 5.74) is 3.33. The van der Waals surface area contributed by atoms with E-state index < -0.39 is 0 Å². The van der Waals surface area contributed by atoms with E-state index in [-0.39, 0.29) is 11.9 Å². The summed E-state index contributed by atoms with van der Waals surface area (Å²) < 4.78 is 5.31. The van der Waals surface area contributed by atoms with Crippen molar-refractivity contribution >= 4 is 34.1 Å². The molecule has 1 aromatic heterocycles. The van der Waals surface area contributed by atoms with Gasteiger partial charge < -0.3 is 15.4 Å². The molecule has 32 heavy (non-hydrogen) atoms. The third-order valence-corrected chi connectivity index (χ3v) is 5.69. The monoisotopic (exact) mass is 451 g/mol. The Kier molecular flexibility index (Phi) is 7.44. The highest BCUT2D eigenvalue weighted by atomic mass is 32.1. The maximum atomic E-state index is 12.4. The van der Waals surface area contributed by atoms with Crippen molar-refractivity contribution in [1.29, 1.82) is 0 Å². The minimum Gasteiger partial charge on any atom is -0.379 e. The van der Waals surface area contributed by atoms with Crippen LogP contribution >= 0.6 is 11.3 Å². The highest BCUT2D eigenvalue weighted by Gasteiger charge is 2.15. The molecule has 2 heterocycles. The van der Waals surface area contributed by atoms with Crippen LogP contribution in [0.4, 0.5) is 15.6 Å². The maximum Gasteiger partial charge on any atom is 0.321 e. The zero-order valence-corrected chi connectivity index (χ0v) is 18.4. The summed E-state index contributed by atoms with van der Waals surface area (Å²) in [6.07, 6.45) is 0. The van der Waals surface area contributed by atoms with Crippen molar-refractivity contribution in [3.8, 4) is 11.3 Å². The first-order valence-corrected chi connectivity index (χ1v) is 11.3. The molecule has 0 unspecified atom stereocenters. The van der Waals surface area contributed by atoms with Gasteiger partial charge in [-0.15, -0.1) is 11.3 Å². The summed E-state index contributed by atoms with van der Waals surface area (Å²) in [5.74, 6) is -0.0558. The molecule has 8 nitrogen and oxygen atoms in total. The van der Waals surface area contributed by atoms with Crippen LogP contribution in [0.2, 0.25) is 0 Å². The lowest BCUT2D eigenvalue weighted by Crippen LogP contribution is -2.41. The number of anilines is 2. The van der Waals surface area contributed by atoms with Crippen LogP contribution in [0.15, 0.2) is 60.0 Å². The number of thiazole rings is 1. The molecule has 3 aromatic rings. The van der Waals surface area contributed by atoms with Gasteiger partial charge in [0, 0.05) is 36.3 Å². The van der Waals surface area contributed by atoms with Gasteiger partial charge in [-0.2, -0.15) is 0 Å². The first-order chi connectivity index (χ1) is 15.7. The van der Waals surface area contributed by atoms with Gasteiger partial charge in [0.2, 0.25) is 5.91 Å². The van der Waals surface area contributed by atoms with Crippen molar-refractivity contribution in [3.63, 3.8) is 0 Å². The van der Waals surface area contributed by atoms with Crippen molar-refractivity contribution in [2.24, 2.45) is 0 Å². The zero-order chi connectivity index (χ0) is 22.2. The smallest absolute Gasteiger partial charge is 0.321 e. The standard InChI is InChI=1S/C23H25N5O3S/c29-21(15-28-9-11-31-12-10-28)25-19-8-4-7-18(13-19)20-16-32-23(26-20)27-22(30)24-14-17-5-2-1-3-6-17/h1-8,13,16H,9-12,14-15H2,(H,25,29)(H2,24,26,27,30). The molecule has 0 saturated carbocycles. The van der Waals surface area contributed by atoms with Crippen LogP contribution in [0.5, 0.6) is 0 Å². The summed E-state index contributed by atoms with van der Waals surface area (Å²) in [5, 5.41) is 10.9.